The molecule has 1 aliphatic carbocycles. The summed E-state index contributed by atoms with van der Waals surface area (Å²) >= 11 is 0. The molecule has 0 unspecified atom stereocenters. The summed E-state index contributed by atoms with van der Waals surface area (Å²) in [5, 5.41) is 0. The van der Waals surface area contributed by atoms with E-state index in [1.165, 1.54) is 5.52 Å². The van der Waals surface area contributed by atoms with Crippen molar-refractivity contribution in [3.8, 4) is 0 Å². The molecule has 0 radical (unpaired) electrons. The molecule has 2 aromatic rings. The van der Waals surface area contributed by atoms with Gasteiger partial charge in [-0.2, -0.15) is 0 Å². The number of aromatic nitrogens is 2. The summed E-state index contributed by atoms with van der Waals surface area (Å²) < 4.78 is 2.18. The van der Waals surface area contributed by atoms with Crippen LogP contribution in [-0.4, -0.2) is 51.4 Å². The first-order chi connectivity index (χ1) is 10.7. The second-order valence-electron chi connectivity index (χ2n) is 6.45. The van der Waals surface area contributed by atoms with Gasteiger partial charge in [-0.15, -0.1) is 0 Å². The number of hydrogen-bond donors (Lipinski definition) is 0. The molecular formula is C17H22N4O. The number of carbonyl (C=O) groups excluding carboxylic acids is 1. The number of fused-ring (bicyclic) bond motifs is 1. The molecule has 0 bridgehead atoms. The van der Waals surface area contributed by atoms with E-state index >= 15 is 0 Å². The fraction of sp³-hybridized carbons (Fsp3) is 0.529. The minimum absolute atomic E-state index is 0.339. The van der Waals surface area contributed by atoms with Crippen LogP contribution in [0.1, 0.15) is 18.7 Å². The molecule has 22 heavy (non-hydrogen) atoms. The van der Waals surface area contributed by atoms with Crippen LogP contribution in [0.2, 0.25) is 0 Å². The number of benzene rings is 1. The standard InChI is InChI=1S/C17H22N4O/c1-19-15-5-3-2-4-14(15)18-16(19)12-20-8-10-21(11-9-20)17(22)13-6-7-13/h2-5,13H,6-12H2,1H3. The molecule has 5 nitrogen and oxygen atoms in total. The molecule has 2 fully saturated rings. The number of nitrogens with zero attached hydrogens (tertiary/aromatic N) is 4. The van der Waals surface area contributed by atoms with Crippen LogP contribution in [0.15, 0.2) is 24.3 Å². The van der Waals surface area contributed by atoms with Gasteiger partial charge in [0.1, 0.15) is 5.82 Å². The van der Waals surface area contributed by atoms with Gasteiger partial charge in [0.15, 0.2) is 0 Å². The van der Waals surface area contributed by atoms with Crippen molar-refractivity contribution >= 4 is 16.9 Å². The van der Waals surface area contributed by atoms with Crippen LogP contribution >= 0.6 is 0 Å². The van der Waals surface area contributed by atoms with E-state index in [0.717, 1.165) is 56.9 Å². The normalized spacial score (nSPS) is 19.8. The highest BCUT2D eigenvalue weighted by molar-refractivity contribution is 5.81. The molecule has 0 atom stereocenters. The molecule has 116 valence electrons. The number of rotatable bonds is 3. The average Bonchev–Trinajstić information content (AvgIpc) is 3.35. The quantitative estimate of drug-likeness (QED) is 0.865. The Morgan fingerprint density at radius 2 is 1.91 bits per heavy atom. The lowest BCUT2D eigenvalue weighted by Gasteiger charge is -2.34. The van der Waals surface area contributed by atoms with Crippen LogP contribution in [0.5, 0.6) is 0 Å². The monoisotopic (exact) mass is 298 g/mol. The van der Waals surface area contributed by atoms with E-state index < -0.39 is 0 Å². The molecule has 5 heteroatoms. The van der Waals surface area contributed by atoms with Gasteiger partial charge in [-0.3, -0.25) is 9.69 Å². The van der Waals surface area contributed by atoms with E-state index in [1.807, 2.05) is 11.0 Å². The highest BCUT2D eigenvalue weighted by Gasteiger charge is 2.34. The average molecular weight is 298 g/mol. The third-order valence-electron chi connectivity index (χ3n) is 4.86. The topological polar surface area (TPSA) is 41.4 Å². The Kier molecular flexibility index (Phi) is 3.37. The number of imidazole rings is 1. The summed E-state index contributed by atoms with van der Waals surface area (Å²) in [5.74, 6) is 1.82. The van der Waals surface area contributed by atoms with Gasteiger partial charge >= 0.3 is 0 Å². The van der Waals surface area contributed by atoms with Crippen molar-refractivity contribution in [2.45, 2.75) is 19.4 Å². The summed E-state index contributed by atoms with van der Waals surface area (Å²) in [6, 6.07) is 8.25. The summed E-state index contributed by atoms with van der Waals surface area (Å²) in [5.41, 5.74) is 2.24. The molecule has 4 rings (SSSR count). The van der Waals surface area contributed by atoms with Crippen LogP contribution < -0.4 is 0 Å². The molecule has 0 spiro atoms. The van der Waals surface area contributed by atoms with Gasteiger partial charge in [0.25, 0.3) is 0 Å². The second-order valence-corrected chi connectivity index (χ2v) is 6.45. The zero-order valence-corrected chi connectivity index (χ0v) is 13.0. The number of piperazine rings is 1. The Morgan fingerprint density at radius 3 is 2.59 bits per heavy atom. The molecule has 1 aromatic carbocycles. The molecule has 1 aromatic heterocycles. The lowest BCUT2D eigenvalue weighted by Crippen LogP contribution is -2.48. The van der Waals surface area contributed by atoms with Gasteiger partial charge in [-0.05, 0) is 25.0 Å². The minimum atomic E-state index is 0.339. The van der Waals surface area contributed by atoms with Crippen molar-refractivity contribution in [1.82, 2.24) is 19.4 Å². The van der Waals surface area contributed by atoms with Gasteiger partial charge in [0, 0.05) is 39.1 Å². The highest BCUT2D eigenvalue weighted by atomic mass is 16.2. The second kappa shape index (κ2) is 5.39. The van der Waals surface area contributed by atoms with Crippen LogP contribution in [0.25, 0.3) is 11.0 Å². The summed E-state index contributed by atoms with van der Waals surface area (Å²) in [6.07, 6.45) is 2.19. The predicted molar refractivity (Wildman–Crippen MR) is 85.3 cm³/mol. The summed E-state index contributed by atoms with van der Waals surface area (Å²) in [4.78, 5) is 21.3. The van der Waals surface area contributed by atoms with Crippen LogP contribution in [0.3, 0.4) is 0 Å². The Labute approximate surface area is 130 Å². The third-order valence-corrected chi connectivity index (χ3v) is 4.86. The largest absolute Gasteiger partial charge is 0.340 e. The number of hydrogen-bond acceptors (Lipinski definition) is 3. The molecule has 2 aliphatic rings. The van der Waals surface area contributed by atoms with E-state index in [1.54, 1.807) is 0 Å². The van der Waals surface area contributed by atoms with Crippen molar-refractivity contribution in [3.63, 3.8) is 0 Å². The Hall–Kier alpha value is -1.88. The summed E-state index contributed by atoms with van der Waals surface area (Å²) in [6.45, 7) is 4.47. The van der Waals surface area contributed by atoms with Gasteiger partial charge in [0.2, 0.25) is 5.91 Å². The van der Waals surface area contributed by atoms with Gasteiger partial charge in [0.05, 0.1) is 17.6 Å². The molecule has 1 saturated carbocycles. The maximum atomic E-state index is 12.1. The number of carbonyl (C=O) groups is 1. The van der Waals surface area contributed by atoms with E-state index in [-0.39, 0.29) is 0 Å². The van der Waals surface area contributed by atoms with Crippen molar-refractivity contribution in [1.29, 1.82) is 0 Å². The van der Waals surface area contributed by atoms with Crippen LogP contribution in [0.4, 0.5) is 0 Å². The predicted octanol–water partition coefficient (Wildman–Crippen LogP) is 1.63. The first-order valence-corrected chi connectivity index (χ1v) is 8.14. The van der Waals surface area contributed by atoms with Gasteiger partial charge in [-0.25, -0.2) is 4.98 Å². The number of amides is 1. The van der Waals surface area contributed by atoms with Gasteiger partial charge in [-0.1, -0.05) is 12.1 Å². The van der Waals surface area contributed by atoms with Crippen LogP contribution in [-0.2, 0) is 18.4 Å². The fourth-order valence-electron chi connectivity index (χ4n) is 3.25. The van der Waals surface area contributed by atoms with E-state index in [4.69, 9.17) is 4.98 Å². The first-order valence-electron chi connectivity index (χ1n) is 8.14. The minimum Gasteiger partial charge on any atom is -0.340 e. The lowest BCUT2D eigenvalue weighted by atomic mass is 10.2. The number of aryl methyl sites for hydroxylation is 1. The highest BCUT2D eigenvalue weighted by Crippen LogP contribution is 2.31. The van der Waals surface area contributed by atoms with E-state index in [9.17, 15) is 4.79 Å². The maximum Gasteiger partial charge on any atom is 0.225 e. The third kappa shape index (κ3) is 2.50. The van der Waals surface area contributed by atoms with Crippen molar-refractivity contribution in [2.24, 2.45) is 13.0 Å². The Balaban J connectivity index is 1.41. The molecule has 0 N–H and O–H groups in total. The Bertz CT molecular complexity index is 696. The molecule has 1 aliphatic heterocycles. The van der Waals surface area contributed by atoms with Crippen LogP contribution in [0, 0.1) is 5.92 Å². The van der Waals surface area contributed by atoms with Crippen molar-refractivity contribution in [3.05, 3.63) is 30.1 Å². The van der Waals surface area contributed by atoms with E-state index in [2.05, 4.69) is 34.7 Å². The zero-order chi connectivity index (χ0) is 15.1. The van der Waals surface area contributed by atoms with E-state index in [0.29, 0.717) is 11.8 Å². The smallest absolute Gasteiger partial charge is 0.225 e. The molecular weight excluding hydrogens is 276 g/mol. The first kappa shape index (κ1) is 13.8. The molecule has 1 saturated heterocycles. The molecule has 2 heterocycles. The fourth-order valence-corrected chi connectivity index (χ4v) is 3.25. The van der Waals surface area contributed by atoms with Gasteiger partial charge < -0.3 is 9.47 Å². The van der Waals surface area contributed by atoms with Crippen molar-refractivity contribution in [2.75, 3.05) is 26.2 Å². The molecule has 1 amide bonds. The Morgan fingerprint density at radius 1 is 1.18 bits per heavy atom. The maximum absolute atomic E-state index is 12.1. The summed E-state index contributed by atoms with van der Waals surface area (Å²) in [7, 11) is 2.08. The van der Waals surface area contributed by atoms with Crippen molar-refractivity contribution < 1.29 is 4.79 Å². The number of para-hydroxylation sites is 2. The SMILES string of the molecule is Cn1c(CN2CCN(C(=O)C3CC3)CC2)nc2ccccc21. The zero-order valence-electron chi connectivity index (χ0n) is 13.0. The lowest BCUT2D eigenvalue weighted by molar-refractivity contribution is -0.134.